The number of ketones is 2. The first-order valence-corrected chi connectivity index (χ1v) is 11.0. The maximum absolute atomic E-state index is 12.9. The van der Waals surface area contributed by atoms with Gasteiger partial charge in [0.05, 0.1) is 5.56 Å². The van der Waals surface area contributed by atoms with Crippen molar-refractivity contribution in [3.05, 3.63) is 76.6 Å². The minimum Gasteiger partial charge on any atom is -0.478 e. The van der Waals surface area contributed by atoms with Gasteiger partial charge in [-0.2, -0.15) is 0 Å². The highest BCUT2D eigenvalue weighted by molar-refractivity contribution is 6.26. The number of carboxylic acids is 1. The number of anilines is 1. The van der Waals surface area contributed by atoms with Gasteiger partial charge in [-0.3, -0.25) is 14.5 Å². The number of aromatic nitrogens is 3. The van der Waals surface area contributed by atoms with Crippen molar-refractivity contribution in [2.24, 2.45) is 0 Å². The number of carbonyl (C=O) groups excluding carboxylic acids is 2. The minimum atomic E-state index is -0.921. The average Bonchev–Trinajstić information content (AvgIpc) is 3.27. The number of nitrogens with zero attached hydrogens (tertiary/aromatic N) is 5. The Bertz CT molecular complexity index is 1230. The van der Waals surface area contributed by atoms with Crippen LogP contribution in [0.2, 0.25) is 0 Å². The van der Waals surface area contributed by atoms with Crippen molar-refractivity contribution in [1.82, 2.24) is 19.9 Å². The number of benzene rings is 2. The quantitative estimate of drug-likeness (QED) is 0.480. The highest BCUT2D eigenvalue weighted by atomic mass is 16.4. The van der Waals surface area contributed by atoms with E-state index in [-0.39, 0.29) is 28.5 Å². The summed E-state index contributed by atoms with van der Waals surface area (Å²) in [6, 6.07) is 13.8. The summed E-state index contributed by atoms with van der Waals surface area (Å²) in [5.41, 5.74) is 2.53. The van der Waals surface area contributed by atoms with Gasteiger partial charge in [0.2, 0.25) is 11.6 Å². The van der Waals surface area contributed by atoms with Crippen molar-refractivity contribution in [2.45, 2.75) is 13.0 Å². The number of hydrogen-bond donors (Lipinski definition) is 1. The van der Waals surface area contributed by atoms with Crippen LogP contribution in [0.4, 0.5) is 5.69 Å². The summed E-state index contributed by atoms with van der Waals surface area (Å²) in [4.78, 5) is 41.2. The predicted molar refractivity (Wildman–Crippen MR) is 120 cm³/mol. The first-order valence-electron chi connectivity index (χ1n) is 11.0. The number of hydrogen-bond acceptors (Lipinski definition) is 7. The molecule has 1 fully saturated rings. The lowest BCUT2D eigenvalue weighted by Gasteiger charge is -2.36. The summed E-state index contributed by atoms with van der Waals surface area (Å²) in [5, 5.41) is 17.1. The number of aromatic carboxylic acids is 1. The average molecular weight is 445 g/mol. The molecule has 0 atom stereocenters. The van der Waals surface area contributed by atoms with Crippen molar-refractivity contribution >= 4 is 23.2 Å². The second-order valence-corrected chi connectivity index (χ2v) is 8.25. The summed E-state index contributed by atoms with van der Waals surface area (Å²) in [6.07, 6.45) is 0.784. The Hall–Kier alpha value is -3.85. The molecular formula is C24H23N5O4. The van der Waals surface area contributed by atoms with E-state index in [2.05, 4.69) is 20.1 Å². The van der Waals surface area contributed by atoms with Crippen LogP contribution < -0.4 is 4.90 Å². The van der Waals surface area contributed by atoms with Crippen LogP contribution >= 0.6 is 0 Å². The van der Waals surface area contributed by atoms with E-state index in [9.17, 15) is 14.4 Å². The Balaban J connectivity index is 1.16. The lowest BCUT2D eigenvalue weighted by molar-refractivity contribution is 0.0696. The second-order valence-electron chi connectivity index (χ2n) is 8.25. The summed E-state index contributed by atoms with van der Waals surface area (Å²) < 4.78 is 1.56. The minimum absolute atomic E-state index is 0.140. The molecule has 1 aliphatic carbocycles. The van der Waals surface area contributed by atoms with Gasteiger partial charge >= 0.3 is 5.97 Å². The van der Waals surface area contributed by atoms with Crippen molar-refractivity contribution in [1.29, 1.82) is 0 Å². The first kappa shape index (κ1) is 21.0. The molecule has 0 amide bonds. The molecule has 9 heteroatoms. The number of fused-ring (bicyclic) bond motifs is 2. The van der Waals surface area contributed by atoms with E-state index >= 15 is 0 Å². The molecule has 1 N–H and O–H groups in total. The van der Waals surface area contributed by atoms with Gasteiger partial charge in [0.1, 0.15) is 5.69 Å². The summed E-state index contributed by atoms with van der Waals surface area (Å²) >= 11 is 0. The molecule has 0 bridgehead atoms. The third-order valence-corrected chi connectivity index (χ3v) is 6.28. The highest BCUT2D eigenvalue weighted by Crippen LogP contribution is 2.25. The fraction of sp³-hybridized carbons (Fsp3) is 0.292. The van der Waals surface area contributed by atoms with E-state index in [1.165, 1.54) is 0 Å². The van der Waals surface area contributed by atoms with Crippen LogP contribution in [0, 0.1) is 0 Å². The molecule has 1 aromatic heterocycles. The number of carboxylic acid groups (broad SMARTS) is 1. The molecule has 0 spiro atoms. The number of carbonyl (C=O) groups is 3. The Morgan fingerprint density at radius 1 is 0.879 bits per heavy atom. The molecule has 2 heterocycles. The van der Waals surface area contributed by atoms with E-state index < -0.39 is 5.97 Å². The lowest BCUT2D eigenvalue weighted by Crippen LogP contribution is -2.46. The first-order chi connectivity index (χ1) is 16.0. The third-order valence-electron chi connectivity index (χ3n) is 6.28. The molecule has 0 saturated carbocycles. The van der Waals surface area contributed by atoms with Crippen molar-refractivity contribution < 1.29 is 19.5 Å². The molecule has 168 valence electrons. The lowest BCUT2D eigenvalue weighted by atomic mass is 9.90. The van der Waals surface area contributed by atoms with Crippen molar-refractivity contribution in [3.8, 4) is 0 Å². The van der Waals surface area contributed by atoms with E-state index in [1.54, 1.807) is 41.1 Å². The van der Waals surface area contributed by atoms with Gasteiger partial charge in [-0.25, -0.2) is 9.48 Å². The summed E-state index contributed by atoms with van der Waals surface area (Å²) in [5.74, 6) is -1.37. The van der Waals surface area contributed by atoms with E-state index in [0.717, 1.165) is 44.8 Å². The van der Waals surface area contributed by atoms with E-state index in [0.29, 0.717) is 17.7 Å². The predicted octanol–water partition coefficient (Wildman–Crippen LogP) is 1.96. The van der Waals surface area contributed by atoms with Crippen LogP contribution in [0.3, 0.4) is 0 Å². The third kappa shape index (κ3) is 3.91. The van der Waals surface area contributed by atoms with E-state index in [4.69, 9.17) is 5.11 Å². The van der Waals surface area contributed by atoms with Gasteiger partial charge in [-0.05, 0) is 30.7 Å². The van der Waals surface area contributed by atoms with Crippen LogP contribution in [0.1, 0.15) is 48.9 Å². The van der Waals surface area contributed by atoms with Crippen molar-refractivity contribution in [2.75, 3.05) is 37.6 Å². The summed E-state index contributed by atoms with van der Waals surface area (Å²) in [7, 11) is 0. The monoisotopic (exact) mass is 445 g/mol. The Labute approximate surface area is 190 Å². The molecule has 2 aliphatic rings. The zero-order chi connectivity index (χ0) is 22.9. The molecule has 1 aliphatic heterocycles. The standard InChI is InChI=1S/C24H23N5O4/c30-22-18-4-1-2-5-19(18)23(31)21-20(22)25-26-29(21)11-3-10-27-12-14-28(15-13-27)17-8-6-16(7-9-17)24(32)33/h1-2,4-9H,3,10-15H2,(H,32,33). The largest absolute Gasteiger partial charge is 0.478 e. The van der Waals surface area contributed by atoms with Crippen LogP contribution in [0.15, 0.2) is 48.5 Å². The SMILES string of the molecule is O=C(O)c1ccc(N2CCN(CCCn3nnc4c3C(=O)c3ccccc3C4=O)CC2)cc1. The molecule has 33 heavy (non-hydrogen) atoms. The van der Waals surface area contributed by atoms with Gasteiger partial charge in [-0.1, -0.05) is 29.5 Å². The number of aryl methyl sites for hydroxylation is 1. The smallest absolute Gasteiger partial charge is 0.335 e. The van der Waals surface area contributed by atoms with Gasteiger partial charge in [0.15, 0.2) is 5.69 Å². The van der Waals surface area contributed by atoms with Crippen LogP contribution in [0.5, 0.6) is 0 Å². The van der Waals surface area contributed by atoms with E-state index in [1.807, 2.05) is 12.1 Å². The molecule has 0 radical (unpaired) electrons. The second kappa shape index (κ2) is 8.59. The van der Waals surface area contributed by atoms with Crippen molar-refractivity contribution in [3.63, 3.8) is 0 Å². The fourth-order valence-corrected chi connectivity index (χ4v) is 4.47. The molecular weight excluding hydrogens is 422 g/mol. The molecule has 0 unspecified atom stereocenters. The molecule has 3 aromatic rings. The number of rotatable bonds is 6. The number of piperazine rings is 1. The topological polar surface area (TPSA) is 109 Å². The maximum Gasteiger partial charge on any atom is 0.335 e. The molecule has 2 aromatic carbocycles. The van der Waals surface area contributed by atoms with Gasteiger partial charge in [0.25, 0.3) is 0 Å². The summed E-state index contributed by atoms with van der Waals surface area (Å²) in [6.45, 7) is 4.85. The molecule has 9 nitrogen and oxygen atoms in total. The maximum atomic E-state index is 12.9. The Kier molecular flexibility index (Phi) is 5.47. The van der Waals surface area contributed by atoms with Gasteiger partial charge < -0.3 is 10.0 Å². The van der Waals surface area contributed by atoms with Gasteiger partial charge in [0, 0.05) is 56.1 Å². The Morgan fingerprint density at radius 2 is 1.55 bits per heavy atom. The van der Waals surface area contributed by atoms with Crippen LogP contribution in [-0.2, 0) is 6.54 Å². The van der Waals surface area contributed by atoms with Crippen LogP contribution in [0.25, 0.3) is 0 Å². The zero-order valence-electron chi connectivity index (χ0n) is 18.0. The molecule has 5 rings (SSSR count). The van der Waals surface area contributed by atoms with Gasteiger partial charge in [-0.15, -0.1) is 5.10 Å². The van der Waals surface area contributed by atoms with Crippen LogP contribution in [-0.4, -0.2) is 75.3 Å². The Morgan fingerprint density at radius 3 is 2.21 bits per heavy atom. The normalized spacial score (nSPS) is 15.9. The zero-order valence-corrected chi connectivity index (χ0v) is 18.0. The highest BCUT2D eigenvalue weighted by Gasteiger charge is 2.34. The molecule has 1 saturated heterocycles. The fourth-order valence-electron chi connectivity index (χ4n) is 4.47.